The normalized spacial score (nSPS) is 16.9. The topological polar surface area (TPSA) is 45.9 Å². The van der Waals surface area contributed by atoms with Gasteiger partial charge < -0.3 is 19.0 Å². The van der Waals surface area contributed by atoms with E-state index in [9.17, 15) is 4.79 Å². The van der Waals surface area contributed by atoms with Gasteiger partial charge in [0.2, 0.25) is 5.91 Å². The van der Waals surface area contributed by atoms with Gasteiger partial charge in [-0.25, -0.2) is 0 Å². The maximum absolute atomic E-state index is 12.7. The Labute approximate surface area is 154 Å². The van der Waals surface area contributed by atoms with Crippen LogP contribution in [-0.2, 0) is 16.1 Å². The second-order valence-electron chi connectivity index (χ2n) is 6.76. The second-order valence-corrected chi connectivity index (χ2v) is 6.76. The van der Waals surface area contributed by atoms with E-state index in [1.54, 1.807) is 24.5 Å². The summed E-state index contributed by atoms with van der Waals surface area (Å²) in [4.78, 5) is 16.6. The van der Waals surface area contributed by atoms with E-state index in [0.29, 0.717) is 18.8 Å². The van der Waals surface area contributed by atoms with Crippen LogP contribution in [0.2, 0.25) is 0 Å². The SMILES string of the molecule is CN(C)c1ccc(CN(C[C@@H]2CCCO2)C(=O)/C=C\c2ccco2)cc1. The van der Waals surface area contributed by atoms with Crippen LogP contribution in [0, 0.1) is 0 Å². The molecule has 3 rings (SSSR count). The molecule has 0 bridgehead atoms. The maximum atomic E-state index is 12.7. The van der Waals surface area contributed by atoms with Gasteiger partial charge in [-0.1, -0.05) is 12.1 Å². The first-order chi connectivity index (χ1) is 12.6. The Morgan fingerprint density at radius 3 is 2.65 bits per heavy atom. The molecule has 1 aliphatic rings. The summed E-state index contributed by atoms with van der Waals surface area (Å²) in [5.41, 5.74) is 2.25. The number of furan rings is 1. The zero-order valence-electron chi connectivity index (χ0n) is 15.4. The van der Waals surface area contributed by atoms with E-state index in [1.165, 1.54) is 0 Å². The van der Waals surface area contributed by atoms with Crippen LogP contribution in [0.25, 0.3) is 6.08 Å². The van der Waals surface area contributed by atoms with Crippen LogP contribution in [-0.4, -0.2) is 44.2 Å². The lowest BCUT2D eigenvalue weighted by atomic mass is 10.1. The number of carbonyl (C=O) groups excluding carboxylic acids is 1. The van der Waals surface area contributed by atoms with Crippen LogP contribution < -0.4 is 4.90 Å². The molecule has 1 aliphatic heterocycles. The molecule has 1 amide bonds. The lowest BCUT2D eigenvalue weighted by molar-refractivity contribution is -0.128. The van der Waals surface area contributed by atoms with Gasteiger partial charge >= 0.3 is 0 Å². The first-order valence-corrected chi connectivity index (χ1v) is 9.00. The van der Waals surface area contributed by atoms with E-state index in [-0.39, 0.29) is 12.0 Å². The second kappa shape index (κ2) is 8.72. The highest BCUT2D eigenvalue weighted by Gasteiger charge is 2.21. The number of hydrogen-bond donors (Lipinski definition) is 0. The number of benzene rings is 1. The van der Waals surface area contributed by atoms with Crippen LogP contribution >= 0.6 is 0 Å². The molecule has 0 N–H and O–H groups in total. The molecule has 1 fully saturated rings. The van der Waals surface area contributed by atoms with Crippen molar-refractivity contribution in [1.29, 1.82) is 0 Å². The molecule has 0 saturated carbocycles. The van der Waals surface area contributed by atoms with Gasteiger partial charge in [0.05, 0.1) is 12.4 Å². The van der Waals surface area contributed by atoms with Gasteiger partial charge in [-0.3, -0.25) is 4.79 Å². The molecule has 0 unspecified atom stereocenters. The predicted octanol–water partition coefficient (Wildman–Crippen LogP) is 3.57. The van der Waals surface area contributed by atoms with Crippen molar-refractivity contribution in [2.24, 2.45) is 0 Å². The zero-order valence-corrected chi connectivity index (χ0v) is 15.4. The summed E-state index contributed by atoms with van der Waals surface area (Å²) < 4.78 is 11.0. The van der Waals surface area contributed by atoms with E-state index in [2.05, 4.69) is 29.2 Å². The Bertz CT molecular complexity index is 714. The maximum Gasteiger partial charge on any atom is 0.247 e. The first-order valence-electron chi connectivity index (χ1n) is 9.00. The molecule has 26 heavy (non-hydrogen) atoms. The van der Waals surface area contributed by atoms with Crippen molar-refractivity contribution in [2.75, 3.05) is 32.1 Å². The number of nitrogens with zero attached hydrogens (tertiary/aromatic N) is 2. The Morgan fingerprint density at radius 2 is 2.04 bits per heavy atom. The molecule has 1 aromatic heterocycles. The average molecular weight is 354 g/mol. The van der Waals surface area contributed by atoms with Gasteiger partial charge in [0, 0.05) is 45.6 Å². The summed E-state index contributed by atoms with van der Waals surface area (Å²) in [5.74, 6) is 0.638. The molecule has 138 valence electrons. The third-order valence-corrected chi connectivity index (χ3v) is 4.52. The summed E-state index contributed by atoms with van der Waals surface area (Å²) >= 11 is 0. The highest BCUT2D eigenvalue weighted by Crippen LogP contribution is 2.18. The molecule has 1 aromatic carbocycles. The van der Waals surface area contributed by atoms with E-state index in [0.717, 1.165) is 30.7 Å². The van der Waals surface area contributed by atoms with Crippen molar-refractivity contribution in [2.45, 2.75) is 25.5 Å². The minimum absolute atomic E-state index is 0.0337. The van der Waals surface area contributed by atoms with Crippen LogP contribution in [0.4, 0.5) is 5.69 Å². The molecular formula is C21H26N2O3. The molecule has 2 aromatic rings. The lowest BCUT2D eigenvalue weighted by Crippen LogP contribution is -2.35. The minimum Gasteiger partial charge on any atom is -0.465 e. The molecule has 5 heteroatoms. The quantitative estimate of drug-likeness (QED) is 0.713. The van der Waals surface area contributed by atoms with Crippen LogP contribution in [0.15, 0.2) is 53.2 Å². The molecule has 0 aliphatic carbocycles. The first kappa shape index (κ1) is 18.3. The summed E-state index contributed by atoms with van der Waals surface area (Å²) in [7, 11) is 4.03. The van der Waals surface area contributed by atoms with Crippen LogP contribution in [0.1, 0.15) is 24.2 Å². The standard InChI is InChI=1S/C21H26N2O3/c1-22(2)18-9-7-17(8-10-18)15-23(16-20-6-4-14-26-20)21(24)12-11-19-5-3-13-25-19/h3,5,7-13,20H,4,6,14-16H2,1-2H3/b12-11-/t20-/m0/s1. The fourth-order valence-electron chi connectivity index (χ4n) is 3.03. The van der Waals surface area contributed by atoms with E-state index in [1.807, 2.05) is 25.1 Å². The summed E-state index contributed by atoms with van der Waals surface area (Å²) in [6.07, 6.45) is 7.07. The lowest BCUT2D eigenvalue weighted by Gasteiger charge is -2.25. The van der Waals surface area contributed by atoms with Gasteiger partial charge in [0.15, 0.2) is 0 Å². The van der Waals surface area contributed by atoms with Crippen molar-refractivity contribution in [1.82, 2.24) is 4.90 Å². The van der Waals surface area contributed by atoms with Crippen molar-refractivity contribution in [3.63, 3.8) is 0 Å². The highest BCUT2D eigenvalue weighted by molar-refractivity contribution is 5.91. The third kappa shape index (κ3) is 4.99. The molecule has 1 atom stereocenters. The smallest absolute Gasteiger partial charge is 0.247 e. The fraction of sp³-hybridized carbons (Fsp3) is 0.381. The Kier molecular flexibility index (Phi) is 6.12. The highest BCUT2D eigenvalue weighted by atomic mass is 16.5. The third-order valence-electron chi connectivity index (χ3n) is 4.52. The number of anilines is 1. The predicted molar refractivity (Wildman–Crippen MR) is 103 cm³/mol. The summed E-state index contributed by atoms with van der Waals surface area (Å²) in [6, 6.07) is 11.9. The van der Waals surface area contributed by atoms with Crippen molar-refractivity contribution < 1.29 is 13.9 Å². The minimum atomic E-state index is -0.0337. The molecule has 5 nitrogen and oxygen atoms in total. The van der Waals surface area contributed by atoms with Crippen molar-refractivity contribution in [3.8, 4) is 0 Å². The Hall–Kier alpha value is -2.53. The van der Waals surface area contributed by atoms with Crippen molar-refractivity contribution in [3.05, 3.63) is 60.1 Å². The monoisotopic (exact) mass is 354 g/mol. The summed E-state index contributed by atoms with van der Waals surface area (Å²) in [5, 5.41) is 0. The fourth-order valence-corrected chi connectivity index (χ4v) is 3.03. The largest absolute Gasteiger partial charge is 0.465 e. The molecule has 2 heterocycles. The van der Waals surface area contributed by atoms with Gasteiger partial charge in [0.25, 0.3) is 0 Å². The molecule has 1 saturated heterocycles. The number of ether oxygens (including phenoxy) is 1. The number of hydrogen-bond acceptors (Lipinski definition) is 4. The van der Waals surface area contributed by atoms with Crippen LogP contribution in [0.3, 0.4) is 0 Å². The zero-order chi connectivity index (χ0) is 18.4. The average Bonchev–Trinajstić information content (AvgIpc) is 3.33. The van der Waals surface area contributed by atoms with Gasteiger partial charge in [-0.15, -0.1) is 0 Å². The Morgan fingerprint density at radius 1 is 1.23 bits per heavy atom. The molecule has 0 spiro atoms. The van der Waals surface area contributed by atoms with Crippen molar-refractivity contribution >= 4 is 17.7 Å². The number of rotatable bonds is 7. The Balaban J connectivity index is 1.70. The van der Waals surface area contributed by atoms with Gasteiger partial charge in [-0.2, -0.15) is 0 Å². The van der Waals surface area contributed by atoms with Gasteiger partial charge in [0.1, 0.15) is 5.76 Å². The van der Waals surface area contributed by atoms with E-state index in [4.69, 9.17) is 9.15 Å². The molecular weight excluding hydrogens is 328 g/mol. The molecule has 0 radical (unpaired) electrons. The number of amides is 1. The van der Waals surface area contributed by atoms with Gasteiger partial charge in [-0.05, 0) is 48.7 Å². The van der Waals surface area contributed by atoms with E-state index < -0.39 is 0 Å². The van der Waals surface area contributed by atoms with Crippen LogP contribution in [0.5, 0.6) is 0 Å². The number of carbonyl (C=O) groups is 1. The van der Waals surface area contributed by atoms with E-state index >= 15 is 0 Å². The summed E-state index contributed by atoms with van der Waals surface area (Å²) in [6.45, 7) is 1.96.